The van der Waals surface area contributed by atoms with E-state index < -0.39 is 8.32 Å². The van der Waals surface area contributed by atoms with Crippen molar-refractivity contribution in [2.45, 2.75) is 57.8 Å². The van der Waals surface area contributed by atoms with E-state index >= 15 is 0 Å². The molecule has 0 radical (unpaired) electrons. The second-order valence-electron chi connectivity index (χ2n) is 6.14. The Bertz CT molecular complexity index is 264. The maximum atomic E-state index is 9.04. The first-order valence-corrected chi connectivity index (χ1v) is 9.11. The number of hydrogen-bond donors (Lipinski definition) is 1. The van der Waals surface area contributed by atoms with Crippen molar-refractivity contribution in [3.63, 3.8) is 0 Å². The number of hydrogen-bond acceptors (Lipinski definition) is 2. The van der Waals surface area contributed by atoms with Gasteiger partial charge < -0.3 is 9.53 Å². The Hall–Kier alpha value is -0.383. The second-order valence-corrected chi connectivity index (χ2v) is 10.9. The van der Waals surface area contributed by atoms with Crippen molar-refractivity contribution in [2.24, 2.45) is 0 Å². The molecule has 0 rings (SSSR count). The standard InChI is InChI=1S/C14H28O2Si/c1-8-9-13(10-12(2)11-15)16-17(6,7)14(3,4)5/h8,13,15H,1-2,9-11H2,3-7H3/t13-/m0/s1. The normalized spacial score (nSPS) is 14.5. The van der Waals surface area contributed by atoms with E-state index in [2.05, 4.69) is 47.0 Å². The molecule has 0 fully saturated rings. The Balaban J connectivity index is 4.64. The van der Waals surface area contributed by atoms with E-state index in [4.69, 9.17) is 9.53 Å². The Labute approximate surface area is 108 Å². The van der Waals surface area contributed by atoms with E-state index in [1.807, 2.05) is 6.08 Å². The van der Waals surface area contributed by atoms with Gasteiger partial charge in [-0.25, -0.2) is 0 Å². The molecule has 0 aliphatic heterocycles. The number of rotatable bonds is 7. The van der Waals surface area contributed by atoms with Crippen molar-refractivity contribution in [2.75, 3.05) is 6.61 Å². The summed E-state index contributed by atoms with van der Waals surface area (Å²) in [7, 11) is -1.76. The lowest BCUT2D eigenvalue weighted by atomic mass is 10.1. The van der Waals surface area contributed by atoms with Gasteiger partial charge >= 0.3 is 0 Å². The highest BCUT2D eigenvalue weighted by Gasteiger charge is 2.38. The first-order chi connectivity index (χ1) is 7.64. The fraction of sp³-hybridized carbons (Fsp3) is 0.714. The van der Waals surface area contributed by atoms with Gasteiger partial charge in [0.05, 0.1) is 12.7 Å². The van der Waals surface area contributed by atoms with Gasteiger partial charge in [0.1, 0.15) is 0 Å². The molecule has 0 aliphatic rings. The average molecular weight is 256 g/mol. The predicted molar refractivity (Wildman–Crippen MR) is 77.7 cm³/mol. The summed E-state index contributed by atoms with van der Waals surface area (Å²) in [6, 6.07) is 0. The molecule has 0 aromatic rings. The van der Waals surface area contributed by atoms with Gasteiger partial charge in [-0.3, -0.25) is 0 Å². The highest BCUT2D eigenvalue weighted by atomic mass is 28.4. The molecule has 17 heavy (non-hydrogen) atoms. The van der Waals surface area contributed by atoms with Gasteiger partial charge in [0.25, 0.3) is 0 Å². The van der Waals surface area contributed by atoms with E-state index in [0.717, 1.165) is 18.4 Å². The summed E-state index contributed by atoms with van der Waals surface area (Å²) < 4.78 is 6.31. The van der Waals surface area contributed by atoms with Crippen LogP contribution in [0.2, 0.25) is 18.1 Å². The van der Waals surface area contributed by atoms with Crippen LogP contribution < -0.4 is 0 Å². The first kappa shape index (κ1) is 16.6. The minimum Gasteiger partial charge on any atom is -0.413 e. The fourth-order valence-corrected chi connectivity index (χ4v) is 2.71. The average Bonchev–Trinajstić information content (AvgIpc) is 2.15. The monoisotopic (exact) mass is 256 g/mol. The van der Waals surface area contributed by atoms with Gasteiger partial charge in [0.2, 0.25) is 0 Å². The third kappa shape index (κ3) is 5.66. The molecule has 2 nitrogen and oxygen atoms in total. The molecule has 0 amide bonds. The molecule has 0 saturated carbocycles. The Morgan fingerprint density at radius 2 is 1.94 bits per heavy atom. The maximum Gasteiger partial charge on any atom is 0.192 e. The molecule has 100 valence electrons. The van der Waals surface area contributed by atoms with E-state index in [1.54, 1.807) is 0 Å². The van der Waals surface area contributed by atoms with Crippen molar-refractivity contribution >= 4 is 8.32 Å². The predicted octanol–water partition coefficient (Wildman–Crippen LogP) is 3.89. The Morgan fingerprint density at radius 3 is 2.29 bits per heavy atom. The fourth-order valence-electron chi connectivity index (χ4n) is 1.34. The summed E-state index contributed by atoms with van der Waals surface area (Å²) in [6.07, 6.45) is 3.51. The van der Waals surface area contributed by atoms with E-state index in [0.29, 0.717) is 0 Å². The van der Waals surface area contributed by atoms with Crippen LogP contribution in [0, 0.1) is 0 Å². The molecule has 3 heteroatoms. The summed E-state index contributed by atoms with van der Waals surface area (Å²) in [4.78, 5) is 0. The Morgan fingerprint density at radius 1 is 1.41 bits per heavy atom. The van der Waals surface area contributed by atoms with Gasteiger partial charge in [-0.1, -0.05) is 33.4 Å². The lowest BCUT2D eigenvalue weighted by Crippen LogP contribution is -2.44. The molecule has 0 aliphatic carbocycles. The highest BCUT2D eigenvalue weighted by Crippen LogP contribution is 2.38. The zero-order chi connectivity index (χ0) is 13.7. The minimum atomic E-state index is -1.76. The van der Waals surface area contributed by atoms with Crippen LogP contribution >= 0.6 is 0 Å². The van der Waals surface area contributed by atoms with Crippen LogP contribution in [0.25, 0.3) is 0 Å². The maximum absolute atomic E-state index is 9.04. The van der Waals surface area contributed by atoms with E-state index in [9.17, 15) is 0 Å². The molecule has 1 atom stereocenters. The lowest BCUT2D eigenvalue weighted by molar-refractivity contribution is 0.178. The largest absolute Gasteiger partial charge is 0.413 e. The topological polar surface area (TPSA) is 29.5 Å². The van der Waals surface area contributed by atoms with Crippen molar-refractivity contribution in [1.82, 2.24) is 0 Å². The van der Waals surface area contributed by atoms with Gasteiger partial charge in [0, 0.05) is 0 Å². The number of aliphatic hydroxyl groups excluding tert-OH is 1. The Kier molecular flexibility index (Phi) is 6.38. The third-order valence-electron chi connectivity index (χ3n) is 3.44. The summed E-state index contributed by atoms with van der Waals surface area (Å²) in [5, 5.41) is 9.24. The van der Waals surface area contributed by atoms with Gasteiger partial charge in [-0.2, -0.15) is 0 Å². The molecule has 0 spiro atoms. The molecular weight excluding hydrogens is 228 g/mol. The van der Waals surface area contributed by atoms with Gasteiger partial charge in [-0.05, 0) is 36.5 Å². The van der Waals surface area contributed by atoms with Crippen LogP contribution in [0.15, 0.2) is 24.8 Å². The molecule has 0 aromatic heterocycles. The van der Waals surface area contributed by atoms with E-state index in [1.165, 1.54) is 0 Å². The van der Waals surface area contributed by atoms with Crippen LogP contribution in [0.1, 0.15) is 33.6 Å². The molecule has 0 aromatic carbocycles. The second kappa shape index (κ2) is 6.52. The van der Waals surface area contributed by atoms with E-state index in [-0.39, 0.29) is 17.7 Å². The summed E-state index contributed by atoms with van der Waals surface area (Å²) in [6.45, 7) is 18.8. The summed E-state index contributed by atoms with van der Waals surface area (Å²) >= 11 is 0. The molecule has 0 bridgehead atoms. The lowest BCUT2D eigenvalue weighted by Gasteiger charge is -2.39. The van der Waals surface area contributed by atoms with Crippen LogP contribution in [-0.4, -0.2) is 26.1 Å². The molecule has 0 heterocycles. The van der Waals surface area contributed by atoms with Gasteiger partial charge in [-0.15, -0.1) is 6.58 Å². The first-order valence-electron chi connectivity index (χ1n) is 6.20. The number of aliphatic hydroxyl groups is 1. The minimum absolute atomic E-state index is 0.0362. The molecule has 0 saturated heterocycles. The zero-order valence-corrected chi connectivity index (χ0v) is 13.0. The van der Waals surface area contributed by atoms with Crippen molar-refractivity contribution in [3.05, 3.63) is 24.8 Å². The van der Waals surface area contributed by atoms with Crippen molar-refractivity contribution in [3.8, 4) is 0 Å². The zero-order valence-electron chi connectivity index (χ0n) is 12.0. The van der Waals surface area contributed by atoms with Crippen LogP contribution in [-0.2, 0) is 4.43 Å². The van der Waals surface area contributed by atoms with Crippen molar-refractivity contribution < 1.29 is 9.53 Å². The van der Waals surface area contributed by atoms with Crippen LogP contribution in [0.3, 0.4) is 0 Å². The van der Waals surface area contributed by atoms with Crippen molar-refractivity contribution in [1.29, 1.82) is 0 Å². The quantitative estimate of drug-likeness (QED) is 0.553. The van der Waals surface area contributed by atoms with Gasteiger partial charge in [0.15, 0.2) is 8.32 Å². The highest BCUT2D eigenvalue weighted by molar-refractivity contribution is 6.74. The summed E-state index contributed by atoms with van der Waals surface area (Å²) in [5.74, 6) is 0. The molecule has 0 unspecified atom stereocenters. The smallest absolute Gasteiger partial charge is 0.192 e. The SMILES string of the molecule is C=CC[C@@H](CC(=C)CO)O[Si](C)(C)C(C)(C)C. The molecule has 1 N–H and O–H groups in total. The summed E-state index contributed by atoms with van der Waals surface area (Å²) in [5.41, 5.74) is 0.829. The molecular formula is C14H28O2Si. The van der Waals surface area contributed by atoms with Crippen LogP contribution in [0.5, 0.6) is 0 Å². The third-order valence-corrected chi connectivity index (χ3v) is 7.97. The van der Waals surface area contributed by atoms with Crippen LogP contribution in [0.4, 0.5) is 0 Å².